The minimum atomic E-state index is -3.35. The van der Waals surface area contributed by atoms with E-state index in [0.29, 0.717) is 37.2 Å². The van der Waals surface area contributed by atoms with Crippen molar-refractivity contribution in [2.75, 3.05) is 24.1 Å². The molecule has 2 amide bonds. The van der Waals surface area contributed by atoms with Crippen LogP contribution in [0.25, 0.3) is 0 Å². The molecule has 0 spiro atoms. The lowest BCUT2D eigenvalue weighted by Crippen LogP contribution is -2.47. The van der Waals surface area contributed by atoms with Crippen LogP contribution in [-0.4, -0.2) is 56.3 Å². The molecule has 0 aromatic heterocycles. The van der Waals surface area contributed by atoms with Crippen molar-refractivity contribution in [3.8, 4) is 0 Å². The summed E-state index contributed by atoms with van der Waals surface area (Å²) in [5.74, 6) is -0.225. The van der Waals surface area contributed by atoms with Crippen LogP contribution in [0.3, 0.4) is 0 Å². The van der Waals surface area contributed by atoms with Crippen LogP contribution in [0.4, 0.5) is 10.5 Å². The fourth-order valence-electron chi connectivity index (χ4n) is 2.71. The number of sulfonamides is 1. The summed E-state index contributed by atoms with van der Waals surface area (Å²) in [6, 6.07) is 6.20. The molecule has 2 rings (SSSR count). The third-order valence-electron chi connectivity index (χ3n) is 3.93. The molecule has 0 aliphatic carbocycles. The van der Waals surface area contributed by atoms with Crippen molar-refractivity contribution in [1.82, 2.24) is 10.2 Å². The van der Waals surface area contributed by atoms with E-state index in [1.807, 2.05) is 20.8 Å². The summed E-state index contributed by atoms with van der Waals surface area (Å²) in [5, 5.41) is 2.95. The molecule has 9 heteroatoms. The van der Waals surface area contributed by atoms with Gasteiger partial charge < -0.3 is 15.0 Å². The van der Waals surface area contributed by atoms with Crippen LogP contribution in [0.1, 0.15) is 44.0 Å². The Balaban J connectivity index is 1.84. The van der Waals surface area contributed by atoms with Crippen molar-refractivity contribution >= 4 is 27.7 Å². The number of amides is 2. The average Bonchev–Trinajstić information content (AvgIpc) is 2.53. The highest BCUT2D eigenvalue weighted by Crippen LogP contribution is 2.16. The molecule has 0 saturated carbocycles. The third kappa shape index (κ3) is 7.09. The van der Waals surface area contributed by atoms with Crippen LogP contribution in [0.5, 0.6) is 0 Å². The van der Waals surface area contributed by atoms with Gasteiger partial charge in [-0.3, -0.25) is 9.52 Å². The fourth-order valence-corrected chi connectivity index (χ4v) is 3.27. The van der Waals surface area contributed by atoms with Crippen molar-refractivity contribution in [3.63, 3.8) is 0 Å². The molecule has 1 aromatic rings. The number of carbonyl (C=O) groups is 2. The zero-order chi connectivity index (χ0) is 20.2. The Morgan fingerprint density at radius 1 is 1.11 bits per heavy atom. The zero-order valence-electron chi connectivity index (χ0n) is 16.1. The SMILES string of the molecule is CC(C)(C)OC(=O)N1CCC(NC(=O)c2ccc(NS(C)(=O)=O)cc2)CC1. The second-order valence-corrected chi connectivity index (χ2v) is 9.42. The Morgan fingerprint density at radius 2 is 1.67 bits per heavy atom. The molecule has 1 aliphatic rings. The molecule has 1 saturated heterocycles. The molecular formula is C18H27N3O5S. The van der Waals surface area contributed by atoms with Gasteiger partial charge in [0.05, 0.1) is 6.26 Å². The molecule has 1 aliphatic heterocycles. The van der Waals surface area contributed by atoms with E-state index >= 15 is 0 Å². The summed E-state index contributed by atoms with van der Waals surface area (Å²) in [4.78, 5) is 26.1. The van der Waals surface area contributed by atoms with Crippen LogP contribution in [0.15, 0.2) is 24.3 Å². The predicted octanol–water partition coefficient (Wildman–Crippen LogP) is 2.19. The number of ether oxygens (including phenoxy) is 1. The number of rotatable bonds is 4. The number of benzene rings is 1. The first-order chi connectivity index (χ1) is 12.4. The monoisotopic (exact) mass is 397 g/mol. The van der Waals surface area contributed by atoms with Gasteiger partial charge in [0, 0.05) is 30.4 Å². The van der Waals surface area contributed by atoms with E-state index in [1.165, 1.54) is 0 Å². The van der Waals surface area contributed by atoms with E-state index in [4.69, 9.17) is 4.74 Å². The second kappa shape index (κ2) is 8.16. The van der Waals surface area contributed by atoms with Gasteiger partial charge >= 0.3 is 6.09 Å². The molecule has 8 nitrogen and oxygen atoms in total. The summed E-state index contributed by atoms with van der Waals surface area (Å²) >= 11 is 0. The summed E-state index contributed by atoms with van der Waals surface area (Å²) in [5.41, 5.74) is 0.323. The largest absolute Gasteiger partial charge is 0.444 e. The normalized spacial score (nSPS) is 15.9. The quantitative estimate of drug-likeness (QED) is 0.810. The molecule has 0 bridgehead atoms. The number of anilines is 1. The van der Waals surface area contributed by atoms with Gasteiger partial charge in [0.1, 0.15) is 5.60 Å². The number of hydrogen-bond acceptors (Lipinski definition) is 5. The van der Waals surface area contributed by atoms with Gasteiger partial charge in [-0.25, -0.2) is 13.2 Å². The summed E-state index contributed by atoms with van der Waals surface area (Å²) in [6.45, 7) is 6.53. The Bertz CT molecular complexity index is 776. The maximum atomic E-state index is 12.4. The lowest BCUT2D eigenvalue weighted by Gasteiger charge is -2.33. The van der Waals surface area contributed by atoms with E-state index in [0.717, 1.165) is 6.26 Å². The molecule has 150 valence electrons. The predicted molar refractivity (Wildman–Crippen MR) is 103 cm³/mol. The number of likely N-dealkylation sites (tertiary alicyclic amines) is 1. The van der Waals surface area contributed by atoms with Gasteiger partial charge in [-0.1, -0.05) is 0 Å². The summed E-state index contributed by atoms with van der Waals surface area (Å²) in [6.07, 6.45) is 2.04. The maximum Gasteiger partial charge on any atom is 0.410 e. The minimum Gasteiger partial charge on any atom is -0.444 e. The highest BCUT2D eigenvalue weighted by atomic mass is 32.2. The van der Waals surface area contributed by atoms with Crippen LogP contribution in [0, 0.1) is 0 Å². The smallest absolute Gasteiger partial charge is 0.410 e. The van der Waals surface area contributed by atoms with Crippen LogP contribution in [0.2, 0.25) is 0 Å². The van der Waals surface area contributed by atoms with Gasteiger partial charge in [-0.2, -0.15) is 0 Å². The zero-order valence-corrected chi connectivity index (χ0v) is 16.9. The van der Waals surface area contributed by atoms with Crippen molar-refractivity contribution in [3.05, 3.63) is 29.8 Å². The van der Waals surface area contributed by atoms with Crippen LogP contribution in [-0.2, 0) is 14.8 Å². The number of carbonyl (C=O) groups excluding carboxylic acids is 2. The molecule has 1 heterocycles. The Labute approximate surface area is 160 Å². The topological polar surface area (TPSA) is 105 Å². The third-order valence-corrected chi connectivity index (χ3v) is 4.54. The van der Waals surface area contributed by atoms with Gasteiger partial charge in [0.2, 0.25) is 10.0 Å². The molecule has 0 radical (unpaired) electrons. The van der Waals surface area contributed by atoms with Gasteiger partial charge in [-0.15, -0.1) is 0 Å². The maximum absolute atomic E-state index is 12.4. The molecule has 0 unspecified atom stereocenters. The first-order valence-electron chi connectivity index (χ1n) is 8.79. The fraction of sp³-hybridized carbons (Fsp3) is 0.556. The first-order valence-corrected chi connectivity index (χ1v) is 10.7. The van der Waals surface area contributed by atoms with Crippen molar-refractivity contribution in [2.45, 2.75) is 45.3 Å². The standard InChI is InChI=1S/C18H27N3O5S/c1-18(2,3)26-17(23)21-11-9-14(10-12-21)19-16(22)13-5-7-15(8-6-13)20-27(4,24)25/h5-8,14,20H,9-12H2,1-4H3,(H,19,22). The first kappa shape index (κ1) is 21.0. The minimum absolute atomic E-state index is 0.0231. The summed E-state index contributed by atoms with van der Waals surface area (Å²) in [7, 11) is -3.35. The van der Waals surface area contributed by atoms with E-state index in [-0.39, 0.29) is 18.0 Å². The van der Waals surface area contributed by atoms with E-state index in [9.17, 15) is 18.0 Å². The van der Waals surface area contributed by atoms with Crippen LogP contribution < -0.4 is 10.0 Å². The number of nitrogens with zero attached hydrogens (tertiary/aromatic N) is 1. The van der Waals surface area contributed by atoms with E-state index in [1.54, 1.807) is 29.2 Å². The Morgan fingerprint density at radius 3 is 2.15 bits per heavy atom. The molecule has 1 aromatic carbocycles. The lowest BCUT2D eigenvalue weighted by atomic mass is 10.0. The van der Waals surface area contributed by atoms with Crippen molar-refractivity contribution in [2.24, 2.45) is 0 Å². The summed E-state index contributed by atoms with van der Waals surface area (Å²) < 4.78 is 30.1. The highest BCUT2D eigenvalue weighted by molar-refractivity contribution is 7.92. The lowest BCUT2D eigenvalue weighted by molar-refractivity contribution is 0.0199. The van der Waals surface area contributed by atoms with Crippen LogP contribution >= 0.6 is 0 Å². The van der Waals surface area contributed by atoms with Gasteiger partial charge in [0.15, 0.2) is 0 Å². The highest BCUT2D eigenvalue weighted by Gasteiger charge is 2.27. The molecule has 2 N–H and O–H groups in total. The van der Waals surface area contributed by atoms with Gasteiger partial charge in [-0.05, 0) is 57.9 Å². The van der Waals surface area contributed by atoms with Crippen molar-refractivity contribution < 1.29 is 22.7 Å². The molecule has 0 atom stereocenters. The molecule has 27 heavy (non-hydrogen) atoms. The number of hydrogen-bond donors (Lipinski definition) is 2. The second-order valence-electron chi connectivity index (χ2n) is 7.67. The number of piperidine rings is 1. The van der Waals surface area contributed by atoms with Crippen molar-refractivity contribution in [1.29, 1.82) is 0 Å². The molecule has 1 fully saturated rings. The van der Waals surface area contributed by atoms with E-state index in [2.05, 4.69) is 10.0 Å². The Hall–Kier alpha value is -2.29. The average molecular weight is 397 g/mol. The van der Waals surface area contributed by atoms with Gasteiger partial charge in [0.25, 0.3) is 5.91 Å². The number of nitrogens with one attached hydrogen (secondary N) is 2. The molecular weight excluding hydrogens is 370 g/mol. The Kier molecular flexibility index (Phi) is 6.35. The van der Waals surface area contributed by atoms with E-state index < -0.39 is 15.6 Å².